The number of ether oxygens (including phenoxy) is 1. The Balaban J connectivity index is 2.33. The molecule has 0 aliphatic rings. The molecule has 0 fully saturated rings. The van der Waals surface area contributed by atoms with Crippen molar-refractivity contribution in [2.24, 2.45) is 5.73 Å². The Morgan fingerprint density at radius 2 is 2.14 bits per heavy atom. The highest BCUT2D eigenvalue weighted by Gasteiger charge is 2.12. The summed E-state index contributed by atoms with van der Waals surface area (Å²) in [5.41, 5.74) is 7.95. The van der Waals surface area contributed by atoms with Crippen LogP contribution in [0.1, 0.15) is 18.9 Å². The predicted octanol–water partition coefficient (Wildman–Crippen LogP) is 2.67. The van der Waals surface area contributed by atoms with E-state index in [1.165, 1.54) is 5.56 Å². The fraction of sp³-hybridized carbons (Fsp3) is 0.375. The van der Waals surface area contributed by atoms with Crippen LogP contribution in [0.5, 0.6) is 5.88 Å². The number of nitrogens with two attached hydrogens (primary N) is 1. The van der Waals surface area contributed by atoms with Crippen LogP contribution in [0.25, 0.3) is 0 Å². The van der Waals surface area contributed by atoms with Crippen molar-refractivity contribution >= 4 is 11.5 Å². The van der Waals surface area contributed by atoms with Crippen molar-refractivity contribution in [2.45, 2.75) is 20.3 Å². The van der Waals surface area contributed by atoms with Gasteiger partial charge in [0.25, 0.3) is 0 Å². The van der Waals surface area contributed by atoms with Crippen molar-refractivity contribution < 1.29 is 4.74 Å². The zero-order valence-electron chi connectivity index (χ0n) is 12.6. The SMILES string of the molecule is CCOc1cncc(N(CCCN)c2cccc(C)c2)n1. The number of benzene rings is 1. The van der Waals surface area contributed by atoms with E-state index in [9.17, 15) is 0 Å². The summed E-state index contributed by atoms with van der Waals surface area (Å²) in [6.07, 6.45) is 4.26. The third-order valence-electron chi connectivity index (χ3n) is 3.07. The maximum Gasteiger partial charge on any atom is 0.234 e. The fourth-order valence-electron chi connectivity index (χ4n) is 2.11. The molecule has 0 spiro atoms. The summed E-state index contributed by atoms with van der Waals surface area (Å²) in [7, 11) is 0. The standard InChI is InChI=1S/C16H22N4O/c1-3-21-16-12-18-11-15(19-16)20(9-5-8-17)14-7-4-6-13(2)10-14/h4,6-7,10-12H,3,5,8-9,17H2,1-2H3. The first kappa shape index (κ1) is 15.3. The van der Waals surface area contributed by atoms with Crippen LogP contribution >= 0.6 is 0 Å². The summed E-state index contributed by atoms with van der Waals surface area (Å²) in [5.74, 6) is 1.32. The normalized spacial score (nSPS) is 10.4. The quantitative estimate of drug-likeness (QED) is 0.847. The van der Waals surface area contributed by atoms with Gasteiger partial charge in [0.05, 0.1) is 19.0 Å². The van der Waals surface area contributed by atoms with Gasteiger partial charge in [0.2, 0.25) is 5.88 Å². The molecule has 2 N–H and O–H groups in total. The average molecular weight is 286 g/mol. The maximum atomic E-state index is 5.65. The molecule has 5 nitrogen and oxygen atoms in total. The Kier molecular flexibility index (Phi) is 5.51. The molecule has 112 valence electrons. The lowest BCUT2D eigenvalue weighted by molar-refractivity contribution is 0.325. The first-order chi connectivity index (χ1) is 10.2. The lowest BCUT2D eigenvalue weighted by atomic mass is 10.2. The molecule has 0 radical (unpaired) electrons. The molecule has 1 aromatic carbocycles. The molecule has 0 saturated heterocycles. The number of anilines is 2. The molecule has 0 aliphatic carbocycles. The van der Waals surface area contributed by atoms with Crippen LogP contribution in [0.4, 0.5) is 11.5 Å². The minimum absolute atomic E-state index is 0.542. The fourth-order valence-corrected chi connectivity index (χ4v) is 2.11. The smallest absolute Gasteiger partial charge is 0.234 e. The van der Waals surface area contributed by atoms with Gasteiger partial charge < -0.3 is 15.4 Å². The first-order valence-electron chi connectivity index (χ1n) is 7.23. The third-order valence-corrected chi connectivity index (χ3v) is 3.07. The van der Waals surface area contributed by atoms with Gasteiger partial charge in [-0.15, -0.1) is 0 Å². The number of aromatic nitrogens is 2. The van der Waals surface area contributed by atoms with Crippen LogP contribution in [-0.2, 0) is 0 Å². The second-order valence-electron chi connectivity index (χ2n) is 4.78. The van der Waals surface area contributed by atoms with Crippen molar-refractivity contribution in [3.63, 3.8) is 0 Å². The molecular formula is C16H22N4O. The third kappa shape index (κ3) is 4.16. The summed E-state index contributed by atoms with van der Waals surface area (Å²) in [6, 6.07) is 8.32. The summed E-state index contributed by atoms with van der Waals surface area (Å²) < 4.78 is 5.44. The van der Waals surface area contributed by atoms with Crippen molar-refractivity contribution in [2.75, 3.05) is 24.6 Å². The van der Waals surface area contributed by atoms with E-state index in [-0.39, 0.29) is 0 Å². The highest BCUT2D eigenvalue weighted by Crippen LogP contribution is 2.25. The Hall–Kier alpha value is -2.14. The van der Waals surface area contributed by atoms with E-state index in [1.54, 1.807) is 12.4 Å². The molecule has 0 bridgehead atoms. The molecule has 2 aromatic rings. The molecule has 2 rings (SSSR count). The lowest BCUT2D eigenvalue weighted by Crippen LogP contribution is -2.22. The van der Waals surface area contributed by atoms with Gasteiger partial charge in [-0.25, -0.2) is 0 Å². The summed E-state index contributed by atoms with van der Waals surface area (Å²) in [4.78, 5) is 10.9. The Labute approximate surface area is 125 Å². The monoisotopic (exact) mass is 286 g/mol. The molecule has 0 aliphatic heterocycles. The van der Waals surface area contributed by atoms with Crippen molar-refractivity contribution in [3.05, 3.63) is 42.2 Å². The lowest BCUT2D eigenvalue weighted by Gasteiger charge is -2.24. The number of rotatable bonds is 7. The van der Waals surface area contributed by atoms with Crippen molar-refractivity contribution in [3.8, 4) is 5.88 Å². The Morgan fingerprint density at radius 1 is 1.29 bits per heavy atom. The topological polar surface area (TPSA) is 64.3 Å². The van der Waals surface area contributed by atoms with Gasteiger partial charge in [-0.2, -0.15) is 4.98 Å². The van der Waals surface area contributed by atoms with E-state index in [0.29, 0.717) is 19.0 Å². The molecule has 1 heterocycles. The molecule has 0 amide bonds. The Bertz CT molecular complexity index is 574. The van der Waals surface area contributed by atoms with E-state index in [2.05, 4.69) is 40.0 Å². The number of hydrogen-bond donors (Lipinski definition) is 1. The largest absolute Gasteiger partial charge is 0.477 e. The number of nitrogens with zero attached hydrogens (tertiary/aromatic N) is 3. The van der Waals surface area contributed by atoms with Gasteiger partial charge in [-0.1, -0.05) is 12.1 Å². The molecule has 0 saturated carbocycles. The zero-order chi connectivity index (χ0) is 15.1. The van der Waals surface area contributed by atoms with Crippen LogP contribution in [-0.4, -0.2) is 29.7 Å². The Morgan fingerprint density at radius 3 is 2.86 bits per heavy atom. The van der Waals surface area contributed by atoms with Gasteiger partial charge in [0.15, 0.2) is 5.82 Å². The average Bonchev–Trinajstić information content (AvgIpc) is 2.49. The molecule has 21 heavy (non-hydrogen) atoms. The summed E-state index contributed by atoms with van der Waals surface area (Å²) >= 11 is 0. The van der Waals surface area contributed by atoms with Crippen LogP contribution in [0, 0.1) is 6.92 Å². The summed E-state index contributed by atoms with van der Waals surface area (Å²) in [5, 5.41) is 0. The van der Waals surface area contributed by atoms with Crippen LogP contribution < -0.4 is 15.4 Å². The highest BCUT2D eigenvalue weighted by atomic mass is 16.5. The molecule has 0 atom stereocenters. The van der Waals surface area contributed by atoms with E-state index < -0.39 is 0 Å². The maximum absolute atomic E-state index is 5.65. The predicted molar refractivity (Wildman–Crippen MR) is 85.1 cm³/mol. The molecule has 0 unspecified atom stereocenters. The zero-order valence-corrected chi connectivity index (χ0v) is 12.6. The van der Waals surface area contributed by atoms with E-state index in [4.69, 9.17) is 10.5 Å². The van der Waals surface area contributed by atoms with Crippen LogP contribution in [0.15, 0.2) is 36.7 Å². The molecular weight excluding hydrogens is 264 g/mol. The van der Waals surface area contributed by atoms with E-state index in [1.807, 2.05) is 13.0 Å². The van der Waals surface area contributed by atoms with Crippen LogP contribution in [0.2, 0.25) is 0 Å². The van der Waals surface area contributed by atoms with Crippen molar-refractivity contribution in [1.82, 2.24) is 9.97 Å². The molecule has 1 aromatic heterocycles. The van der Waals surface area contributed by atoms with Gasteiger partial charge in [0, 0.05) is 12.2 Å². The van der Waals surface area contributed by atoms with Gasteiger partial charge in [-0.05, 0) is 44.5 Å². The van der Waals surface area contributed by atoms with Gasteiger partial charge in [-0.3, -0.25) is 4.98 Å². The van der Waals surface area contributed by atoms with Gasteiger partial charge >= 0.3 is 0 Å². The second-order valence-corrected chi connectivity index (χ2v) is 4.78. The second kappa shape index (κ2) is 7.59. The van der Waals surface area contributed by atoms with E-state index in [0.717, 1.165) is 24.5 Å². The van der Waals surface area contributed by atoms with E-state index >= 15 is 0 Å². The number of hydrogen-bond acceptors (Lipinski definition) is 5. The molecule has 5 heteroatoms. The van der Waals surface area contributed by atoms with Crippen molar-refractivity contribution in [1.29, 1.82) is 0 Å². The van der Waals surface area contributed by atoms with Gasteiger partial charge in [0.1, 0.15) is 0 Å². The minimum Gasteiger partial charge on any atom is -0.477 e. The van der Waals surface area contributed by atoms with Crippen LogP contribution in [0.3, 0.4) is 0 Å². The summed E-state index contributed by atoms with van der Waals surface area (Å²) in [6.45, 7) is 6.02. The highest BCUT2D eigenvalue weighted by molar-refractivity contribution is 5.60. The number of aryl methyl sites for hydroxylation is 1. The minimum atomic E-state index is 0.542. The first-order valence-corrected chi connectivity index (χ1v) is 7.23.